The van der Waals surface area contributed by atoms with Gasteiger partial charge in [0.15, 0.2) is 5.69 Å². The molecule has 120 valence electrons. The second-order valence-electron chi connectivity index (χ2n) is 5.29. The van der Waals surface area contributed by atoms with Gasteiger partial charge in [-0.15, -0.1) is 0 Å². The lowest BCUT2D eigenvalue weighted by atomic mass is 10.1. The molecule has 0 spiro atoms. The number of piperazine rings is 1. The van der Waals surface area contributed by atoms with E-state index in [1.54, 1.807) is 12.1 Å². The maximum absolute atomic E-state index is 12.7. The van der Waals surface area contributed by atoms with E-state index >= 15 is 0 Å². The number of nitrogens with one attached hydrogen (secondary N) is 1. The van der Waals surface area contributed by atoms with Crippen LogP contribution in [0.3, 0.4) is 0 Å². The Morgan fingerprint density at radius 1 is 1.26 bits per heavy atom. The molecule has 23 heavy (non-hydrogen) atoms. The predicted octanol–water partition coefficient (Wildman–Crippen LogP) is 1.12. The quantitative estimate of drug-likeness (QED) is 0.904. The second-order valence-corrected chi connectivity index (χ2v) is 7.12. The van der Waals surface area contributed by atoms with Crippen LogP contribution in [0.1, 0.15) is 11.3 Å². The molecular formula is C15H16N4O3S. The van der Waals surface area contributed by atoms with E-state index < -0.39 is 10.0 Å². The van der Waals surface area contributed by atoms with Gasteiger partial charge in [0.25, 0.3) is 15.1 Å². The van der Waals surface area contributed by atoms with Crippen molar-refractivity contribution in [1.29, 1.82) is 5.26 Å². The average molecular weight is 332 g/mol. The SMILES string of the molecule is Cc1ccc(-c2nc(C#N)c(S(=O)(=O)N3CCNCC3)o2)cc1. The Hall–Kier alpha value is -2.21. The fourth-order valence-corrected chi connectivity index (χ4v) is 3.79. The maximum atomic E-state index is 12.7. The van der Waals surface area contributed by atoms with Gasteiger partial charge in [-0.3, -0.25) is 0 Å². The molecule has 0 radical (unpaired) electrons. The first-order valence-corrected chi connectivity index (χ1v) is 8.65. The van der Waals surface area contributed by atoms with Crippen molar-refractivity contribution in [2.24, 2.45) is 0 Å². The first-order chi connectivity index (χ1) is 11.0. The van der Waals surface area contributed by atoms with E-state index in [0.29, 0.717) is 31.7 Å². The molecule has 0 amide bonds. The molecule has 8 heteroatoms. The summed E-state index contributed by atoms with van der Waals surface area (Å²) in [6, 6.07) is 9.12. The minimum Gasteiger partial charge on any atom is -0.422 e. The minimum atomic E-state index is -3.86. The van der Waals surface area contributed by atoms with Gasteiger partial charge in [-0.2, -0.15) is 14.6 Å². The number of aryl methyl sites for hydroxylation is 1. The van der Waals surface area contributed by atoms with Gasteiger partial charge in [-0.25, -0.2) is 8.42 Å². The standard InChI is InChI=1S/C15H16N4O3S/c1-11-2-4-12(5-3-11)14-18-13(10-16)15(22-14)23(20,21)19-8-6-17-7-9-19/h2-5,17H,6-9H2,1H3. The zero-order chi connectivity index (χ0) is 16.4. The van der Waals surface area contributed by atoms with E-state index in [9.17, 15) is 13.7 Å². The van der Waals surface area contributed by atoms with E-state index in [0.717, 1.165) is 5.56 Å². The van der Waals surface area contributed by atoms with Gasteiger partial charge in [0, 0.05) is 31.7 Å². The number of hydrogen-bond donors (Lipinski definition) is 1. The molecule has 1 aromatic carbocycles. The lowest BCUT2D eigenvalue weighted by molar-refractivity contribution is 0.344. The summed E-state index contributed by atoms with van der Waals surface area (Å²) in [7, 11) is -3.86. The van der Waals surface area contributed by atoms with Gasteiger partial charge in [-0.05, 0) is 19.1 Å². The third-order valence-electron chi connectivity index (χ3n) is 3.65. The molecule has 0 unspecified atom stereocenters. The molecule has 1 aliphatic rings. The second kappa shape index (κ2) is 6.12. The van der Waals surface area contributed by atoms with Crippen molar-refractivity contribution in [1.82, 2.24) is 14.6 Å². The van der Waals surface area contributed by atoms with E-state index in [4.69, 9.17) is 4.42 Å². The van der Waals surface area contributed by atoms with Crippen LogP contribution < -0.4 is 5.32 Å². The number of nitrogens with zero attached hydrogens (tertiary/aromatic N) is 3. The van der Waals surface area contributed by atoms with Gasteiger partial charge in [0.1, 0.15) is 6.07 Å². The zero-order valence-corrected chi connectivity index (χ0v) is 13.4. The Bertz CT molecular complexity index is 844. The van der Waals surface area contributed by atoms with Crippen LogP contribution in [0.5, 0.6) is 0 Å². The summed E-state index contributed by atoms with van der Waals surface area (Å²) in [6.07, 6.45) is 0. The number of nitriles is 1. The molecule has 2 aromatic rings. The van der Waals surface area contributed by atoms with Crippen LogP contribution in [0.2, 0.25) is 0 Å². The Morgan fingerprint density at radius 3 is 2.52 bits per heavy atom. The maximum Gasteiger partial charge on any atom is 0.279 e. The third-order valence-corrected chi connectivity index (χ3v) is 5.44. The summed E-state index contributed by atoms with van der Waals surface area (Å²) >= 11 is 0. The minimum absolute atomic E-state index is 0.134. The monoisotopic (exact) mass is 332 g/mol. The number of benzene rings is 1. The highest BCUT2D eigenvalue weighted by molar-refractivity contribution is 7.89. The molecule has 1 N–H and O–H groups in total. The molecular weight excluding hydrogens is 316 g/mol. The molecule has 1 aliphatic heterocycles. The fraction of sp³-hybridized carbons (Fsp3) is 0.333. The molecule has 3 rings (SSSR count). The largest absolute Gasteiger partial charge is 0.422 e. The van der Waals surface area contributed by atoms with Crippen LogP contribution in [0.4, 0.5) is 0 Å². The summed E-state index contributed by atoms with van der Waals surface area (Å²) in [5.41, 5.74) is 1.49. The van der Waals surface area contributed by atoms with Gasteiger partial charge >= 0.3 is 0 Å². The Balaban J connectivity index is 2.02. The Morgan fingerprint density at radius 2 is 1.91 bits per heavy atom. The highest BCUT2D eigenvalue weighted by Crippen LogP contribution is 2.27. The number of hydrogen-bond acceptors (Lipinski definition) is 6. The van der Waals surface area contributed by atoms with Crippen LogP contribution in [-0.4, -0.2) is 43.9 Å². The van der Waals surface area contributed by atoms with E-state index in [1.807, 2.05) is 25.1 Å². The van der Waals surface area contributed by atoms with Crippen molar-refractivity contribution in [2.75, 3.05) is 26.2 Å². The van der Waals surface area contributed by atoms with Crippen molar-refractivity contribution in [2.45, 2.75) is 12.0 Å². The topological polar surface area (TPSA) is 99.2 Å². The van der Waals surface area contributed by atoms with Crippen molar-refractivity contribution >= 4 is 10.0 Å². The zero-order valence-electron chi connectivity index (χ0n) is 12.6. The fourth-order valence-electron chi connectivity index (χ4n) is 2.37. The smallest absolute Gasteiger partial charge is 0.279 e. The third kappa shape index (κ3) is 2.99. The van der Waals surface area contributed by atoms with Crippen LogP contribution >= 0.6 is 0 Å². The van der Waals surface area contributed by atoms with Crippen LogP contribution in [0, 0.1) is 18.3 Å². The van der Waals surface area contributed by atoms with Crippen LogP contribution in [-0.2, 0) is 10.0 Å². The number of rotatable bonds is 3. The lowest BCUT2D eigenvalue weighted by Gasteiger charge is -2.25. The highest BCUT2D eigenvalue weighted by atomic mass is 32.2. The van der Waals surface area contributed by atoms with Crippen molar-refractivity contribution in [3.8, 4) is 17.5 Å². The van der Waals surface area contributed by atoms with Crippen molar-refractivity contribution in [3.63, 3.8) is 0 Å². The average Bonchev–Trinajstić information content (AvgIpc) is 3.01. The molecule has 0 bridgehead atoms. The Kier molecular flexibility index (Phi) is 4.17. The van der Waals surface area contributed by atoms with Gasteiger partial charge in [0.2, 0.25) is 5.89 Å². The van der Waals surface area contributed by atoms with Crippen molar-refractivity contribution in [3.05, 3.63) is 35.5 Å². The molecule has 7 nitrogen and oxygen atoms in total. The summed E-state index contributed by atoms with van der Waals surface area (Å²) in [5.74, 6) is 0.134. The molecule has 1 saturated heterocycles. The predicted molar refractivity (Wildman–Crippen MR) is 83.0 cm³/mol. The first-order valence-electron chi connectivity index (χ1n) is 7.21. The first kappa shape index (κ1) is 15.7. The lowest BCUT2D eigenvalue weighted by Crippen LogP contribution is -2.46. The van der Waals surface area contributed by atoms with Gasteiger partial charge in [-0.1, -0.05) is 17.7 Å². The van der Waals surface area contributed by atoms with Gasteiger partial charge in [0.05, 0.1) is 0 Å². The molecule has 0 aliphatic carbocycles. The normalized spacial score (nSPS) is 16.2. The highest BCUT2D eigenvalue weighted by Gasteiger charge is 2.33. The summed E-state index contributed by atoms with van der Waals surface area (Å²) in [6.45, 7) is 3.77. The van der Waals surface area contributed by atoms with Crippen LogP contribution in [0.25, 0.3) is 11.5 Å². The summed E-state index contributed by atoms with van der Waals surface area (Å²) in [5, 5.41) is 11.9. The van der Waals surface area contributed by atoms with E-state index in [-0.39, 0.29) is 16.7 Å². The van der Waals surface area contributed by atoms with Crippen LogP contribution in [0.15, 0.2) is 33.8 Å². The summed E-state index contributed by atoms with van der Waals surface area (Å²) in [4.78, 5) is 4.04. The van der Waals surface area contributed by atoms with E-state index in [2.05, 4.69) is 10.3 Å². The van der Waals surface area contributed by atoms with E-state index in [1.165, 1.54) is 4.31 Å². The van der Waals surface area contributed by atoms with Crippen molar-refractivity contribution < 1.29 is 12.8 Å². The summed E-state index contributed by atoms with van der Waals surface area (Å²) < 4.78 is 32.1. The molecule has 1 fully saturated rings. The molecule has 1 aromatic heterocycles. The molecule has 0 atom stereocenters. The van der Waals surface area contributed by atoms with Gasteiger partial charge < -0.3 is 9.73 Å². The number of oxazole rings is 1. The molecule has 2 heterocycles. The molecule has 0 saturated carbocycles. The number of aromatic nitrogens is 1. The number of sulfonamides is 1. The Labute approximate surface area is 134 Å².